The second kappa shape index (κ2) is 19.6. The van der Waals surface area contributed by atoms with E-state index >= 15 is 0 Å². The van der Waals surface area contributed by atoms with E-state index in [1.807, 2.05) is 11.8 Å². The summed E-state index contributed by atoms with van der Waals surface area (Å²) in [6, 6.07) is 31.1. The number of anilines is 2. The molecule has 6 heterocycles. The van der Waals surface area contributed by atoms with Gasteiger partial charge in [0, 0.05) is 64.0 Å². The lowest BCUT2D eigenvalue weighted by Crippen LogP contribution is -2.60. The van der Waals surface area contributed by atoms with Crippen LogP contribution in [0.4, 0.5) is 11.4 Å². The summed E-state index contributed by atoms with van der Waals surface area (Å²) in [7, 11) is 0. The van der Waals surface area contributed by atoms with Crippen molar-refractivity contribution in [3.05, 3.63) is 83.4 Å². The Hall–Kier alpha value is -2.35. The number of hydrogen-bond donors (Lipinski definition) is 4. The minimum atomic E-state index is 0.0618. The Morgan fingerprint density at radius 2 is 0.850 bits per heavy atom. The number of nitrogens with zero attached hydrogens (tertiary/aromatic N) is 1. The lowest BCUT2D eigenvalue weighted by molar-refractivity contribution is -0.0250. The van der Waals surface area contributed by atoms with Crippen molar-refractivity contribution >= 4 is 23.1 Å². The molecule has 8 bridgehead atoms. The van der Waals surface area contributed by atoms with Crippen LogP contribution in [0.25, 0.3) is 0 Å². The van der Waals surface area contributed by atoms with Crippen LogP contribution in [-0.4, -0.2) is 54.4 Å². The summed E-state index contributed by atoms with van der Waals surface area (Å²) in [5.41, 5.74) is 8.75. The second-order valence-electron chi connectivity index (χ2n) is 35.7. The van der Waals surface area contributed by atoms with Crippen molar-refractivity contribution in [1.29, 1.82) is 0 Å². The van der Waals surface area contributed by atoms with E-state index in [9.17, 15) is 0 Å². The van der Waals surface area contributed by atoms with Gasteiger partial charge in [-0.2, -0.15) is 0 Å². The standard InChI is InChI=1S/C74H111N5S/c1-69(2,3)41-31-40(32-42(33-41)70(4,5)6)61-55-38-46-45-34-43(71(7,8)9)37-50(74(16,17)18)63(45)65(66(46)77-55)52-28-30-54(76-52)68(79-57-23-19-21-25-59(57)80-60-26-22-20-24-58(60)79)53-29-27-51(75-53)64-47-35-44(72(10,11)12)36-49(73(13,14)15)62(47)48-39-56(61)78-67(48)64/h19-26,31-33,43-56,61-68,75-78H,27-30,34-39H2,1-18H3. The summed E-state index contributed by atoms with van der Waals surface area (Å²) >= 11 is 1.99. The van der Waals surface area contributed by atoms with Crippen molar-refractivity contribution in [3.8, 4) is 0 Å². The van der Waals surface area contributed by atoms with Crippen LogP contribution in [0.1, 0.15) is 211 Å². The number of hydrogen-bond acceptors (Lipinski definition) is 6. The molecule has 0 amide bonds. The summed E-state index contributed by atoms with van der Waals surface area (Å²) in [6.07, 6.45) is 13.2. The maximum Gasteiger partial charge on any atom is 0.0649 e. The average Bonchev–Trinajstić information content (AvgIpc) is 2.40. The van der Waals surface area contributed by atoms with Crippen LogP contribution in [0.3, 0.4) is 0 Å². The Morgan fingerprint density at radius 1 is 0.400 bits per heavy atom. The zero-order chi connectivity index (χ0) is 56.7. The zero-order valence-corrected chi connectivity index (χ0v) is 54.3. The van der Waals surface area contributed by atoms with E-state index in [0.29, 0.717) is 107 Å². The average molecular weight is 1100 g/mol. The fourth-order valence-electron chi connectivity index (χ4n) is 21.4. The predicted octanol–water partition coefficient (Wildman–Crippen LogP) is 16.9. The van der Waals surface area contributed by atoms with Crippen LogP contribution in [-0.2, 0) is 10.8 Å². The molecule has 4 saturated carbocycles. The predicted molar refractivity (Wildman–Crippen MR) is 338 cm³/mol. The number of fused-ring (bicyclic) bond motifs is 16. The minimum Gasteiger partial charge on any atom is -0.333 e. The molecule has 438 valence electrons. The summed E-state index contributed by atoms with van der Waals surface area (Å²) in [4.78, 5) is 5.74. The molecule has 9 fully saturated rings. The highest BCUT2D eigenvalue weighted by Gasteiger charge is 2.67. The molecule has 22 atom stereocenters. The van der Waals surface area contributed by atoms with Crippen molar-refractivity contribution in [2.75, 3.05) is 4.90 Å². The molecule has 6 aliphatic heterocycles. The largest absolute Gasteiger partial charge is 0.333 e. The van der Waals surface area contributed by atoms with Gasteiger partial charge in [0.2, 0.25) is 0 Å². The molecular formula is C74H111N5S. The highest BCUT2D eigenvalue weighted by Crippen LogP contribution is 2.67. The van der Waals surface area contributed by atoms with Gasteiger partial charge in [0.25, 0.3) is 0 Å². The topological polar surface area (TPSA) is 51.4 Å². The zero-order valence-electron chi connectivity index (χ0n) is 53.5. The van der Waals surface area contributed by atoms with Crippen molar-refractivity contribution in [2.24, 2.45) is 92.7 Å². The van der Waals surface area contributed by atoms with Gasteiger partial charge < -0.3 is 26.2 Å². The minimum absolute atomic E-state index is 0.0618. The molecule has 0 aromatic heterocycles. The van der Waals surface area contributed by atoms with E-state index in [1.54, 1.807) is 5.56 Å². The maximum absolute atomic E-state index is 4.93. The molecule has 3 aromatic carbocycles. The van der Waals surface area contributed by atoms with Crippen LogP contribution < -0.4 is 26.2 Å². The molecule has 22 unspecified atom stereocenters. The van der Waals surface area contributed by atoms with Gasteiger partial charge in [0.1, 0.15) is 0 Å². The van der Waals surface area contributed by atoms with Gasteiger partial charge in [-0.25, -0.2) is 0 Å². The number of rotatable bonds is 2. The van der Waals surface area contributed by atoms with Crippen LogP contribution in [0.2, 0.25) is 0 Å². The highest BCUT2D eigenvalue weighted by atomic mass is 32.2. The Labute approximate surface area is 492 Å². The maximum atomic E-state index is 4.93. The molecule has 0 radical (unpaired) electrons. The van der Waals surface area contributed by atoms with Crippen molar-refractivity contribution in [2.45, 2.75) is 270 Å². The molecule has 5 saturated heterocycles. The van der Waals surface area contributed by atoms with Crippen molar-refractivity contribution in [1.82, 2.24) is 21.3 Å². The third kappa shape index (κ3) is 9.59. The third-order valence-electron chi connectivity index (χ3n) is 25.3. The van der Waals surface area contributed by atoms with Gasteiger partial charge in [-0.1, -0.05) is 179 Å². The third-order valence-corrected chi connectivity index (χ3v) is 26.4. The molecule has 4 aliphatic carbocycles. The Bertz CT molecular complexity index is 2690. The quantitative estimate of drug-likeness (QED) is 0.205. The first-order valence-electron chi connectivity index (χ1n) is 33.3. The fraction of sp³-hybridized carbons (Fsp3) is 0.757. The molecule has 10 aliphatic rings. The van der Waals surface area contributed by atoms with Gasteiger partial charge in [-0.3, -0.25) is 0 Å². The highest BCUT2D eigenvalue weighted by molar-refractivity contribution is 7.99. The first kappa shape index (κ1) is 56.8. The molecular weight excluding hydrogens is 991 g/mol. The van der Waals surface area contributed by atoms with Crippen molar-refractivity contribution in [3.63, 3.8) is 0 Å². The van der Waals surface area contributed by atoms with E-state index in [0.717, 1.165) is 35.5 Å². The summed E-state index contributed by atoms with van der Waals surface area (Å²) in [6.45, 7) is 46.2. The molecule has 80 heavy (non-hydrogen) atoms. The molecule has 6 heteroatoms. The monoisotopic (exact) mass is 1100 g/mol. The number of nitrogens with one attached hydrogen (secondary N) is 4. The SMILES string of the molecule is CC(C)(C)c1cc(C2C3CC4C(N3)C(C3CCC(N3)C(N3c5ccccc5Sc5ccccc53)C3CCC(N3)C3C5NC2CC5C2CC(C(C)(C)C)CC(C(C)(C)C)C23)C2CC(C(C)(C)C)CC(C(C)(C)C)C42)cc(C(C)(C)C)c1. The molecule has 5 nitrogen and oxygen atoms in total. The lowest BCUT2D eigenvalue weighted by atomic mass is 9.54. The first-order valence-corrected chi connectivity index (χ1v) is 34.1. The summed E-state index contributed by atoms with van der Waals surface area (Å²) in [5.74, 6) is 8.86. The first-order chi connectivity index (χ1) is 37.4. The molecule has 4 N–H and O–H groups in total. The second-order valence-corrected chi connectivity index (χ2v) is 36.8. The van der Waals surface area contributed by atoms with Gasteiger partial charge in [-0.05, 0) is 209 Å². The van der Waals surface area contributed by atoms with E-state index < -0.39 is 0 Å². The Balaban J connectivity index is 1.00. The van der Waals surface area contributed by atoms with Crippen LogP contribution in [0.5, 0.6) is 0 Å². The number of benzene rings is 3. The number of para-hydroxylation sites is 2. The van der Waals surface area contributed by atoms with E-state index in [2.05, 4.69) is 196 Å². The summed E-state index contributed by atoms with van der Waals surface area (Å²) in [5, 5.41) is 19.5. The van der Waals surface area contributed by atoms with Crippen LogP contribution >= 0.6 is 11.8 Å². The van der Waals surface area contributed by atoms with Crippen LogP contribution in [0, 0.1) is 92.7 Å². The van der Waals surface area contributed by atoms with Gasteiger partial charge in [0.15, 0.2) is 0 Å². The fourth-order valence-corrected chi connectivity index (χ4v) is 22.4. The van der Waals surface area contributed by atoms with Gasteiger partial charge in [-0.15, -0.1) is 0 Å². The van der Waals surface area contributed by atoms with Gasteiger partial charge >= 0.3 is 0 Å². The Kier molecular flexibility index (Phi) is 13.9. The lowest BCUT2D eigenvalue weighted by Gasteiger charge is -2.52. The normalized spacial score (nSPS) is 41.6. The Morgan fingerprint density at radius 3 is 1.35 bits per heavy atom. The molecule has 0 spiro atoms. The smallest absolute Gasteiger partial charge is 0.0649 e. The van der Waals surface area contributed by atoms with E-state index in [4.69, 9.17) is 21.3 Å². The van der Waals surface area contributed by atoms with Gasteiger partial charge in [0.05, 0.1) is 17.4 Å². The summed E-state index contributed by atoms with van der Waals surface area (Å²) < 4.78 is 0. The van der Waals surface area contributed by atoms with E-state index in [1.165, 1.54) is 96.5 Å². The molecule has 3 aromatic rings. The van der Waals surface area contributed by atoms with Crippen LogP contribution in [0.15, 0.2) is 76.5 Å². The van der Waals surface area contributed by atoms with E-state index in [-0.39, 0.29) is 21.7 Å². The van der Waals surface area contributed by atoms with Crippen molar-refractivity contribution < 1.29 is 0 Å². The molecule has 13 rings (SSSR count).